The van der Waals surface area contributed by atoms with Crippen LogP contribution < -0.4 is 11.0 Å². The van der Waals surface area contributed by atoms with E-state index in [1.54, 1.807) is 19.2 Å². The van der Waals surface area contributed by atoms with Gasteiger partial charge in [-0.25, -0.2) is 5.43 Å². The highest BCUT2D eigenvalue weighted by Gasteiger charge is 2.15. The Morgan fingerprint density at radius 1 is 1.24 bits per heavy atom. The van der Waals surface area contributed by atoms with Crippen molar-refractivity contribution in [2.75, 3.05) is 7.11 Å². The van der Waals surface area contributed by atoms with Crippen LogP contribution in [0.3, 0.4) is 0 Å². The molecule has 0 fully saturated rings. The van der Waals surface area contributed by atoms with Crippen LogP contribution in [0.25, 0.3) is 5.69 Å². The van der Waals surface area contributed by atoms with Crippen molar-refractivity contribution >= 4 is 23.7 Å². The van der Waals surface area contributed by atoms with Crippen LogP contribution in [-0.2, 0) is 22.7 Å². The average molecular weight is 466 g/mol. The quantitative estimate of drug-likeness (QED) is 0.427. The standard InChI is InChI=1S/C24H24ClN5O3/c1-15-8-19(14-33-4)22(11-26)24(32)29(15)13-23(31)28-27-12-18-9-16(2)30(17(18)3)21-7-5-6-20(25)10-21/h5-10,12H,13-14H2,1-4H3,(H,28,31)/b27-12+. The summed E-state index contributed by atoms with van der Waals surface area (Å²) in [6.07, 6.45) is 1.55. The van der Waals surface area contributed by atoms with Crippen molar-refractivity contribution in [1.82, 2.24) is 14.6 Å². The molecule has 3 rings (SSSR count). The summed E-state index contributed by atoms with van der Waals surface area (Å²) in [6, 6.07) is 13.1. The van der Waals surface area contributed by atoms with Gasteiger partial charge in [0, 0.05) is 46.0 Å². The predicted molar refractivity (Wildman–Crippen MR) is 127 cm³/mol. The summed E-state index contributed by atoms with van der Waals surface area (Å²) in [7, 11) is 1.49. The number of carbonyl (C=O) groups is 1. The van der Waals surface area contributed by atoms with Crippen molar-refractivity contribution in [3.8, 4) is 11.8 Å². The van der Waals surface area contributed by atoms with Crippen molar-refractivity contribution in [3.63, 3.8) is 0 Å². The number of aromatic nitrogens is 2. The number of hydrogen-bond donors (Lipinski definition) is 1. The van der Waals surface area contributed by atoms with Crippen LogP contribution in [0.15, 0.2) is 46.3 Å². The number of benzene rings is 1. The van der Waals surface area contributed by atoms with Gasteiger partial charge in [0.15, 0.2) is 0 Å². The molecule has 0 spiro atoms. The van der Waals surface area contributed by atoms with Gasteiger partial charge in [0.25, 0.3) is 11.5 Å². The van der Waals surface area contributed by atoms with E-state index in [2.05, 4.69) is 10.5 Å². The number of nitrogens with zero attached hydrogens (tertiary/aromatic N) is 4. The van der Waals surface area contributed by atoms with E-state index in [1.807, 2.05) is 54.8 Å². The maximum Gasteiger partial charge on any atom is 0.269 e. The number of rotatable bonds is 7. The van der Waals surface area contributed by atoms with Crippen LogP contribution in [0, 0.1) is 32.1 Å². The second kappa shape index (κ2) is 10.3. The van der Waals surface area contributed by atoms with E-state index < -0.39 is 11.5 Å². The first-order valence-corrected chi connectivity index (χ1v) is 10.5. The lowest BCUT2D eigenvalue weighted by molar-refractivity contribution is -0.121. The van der Waals surface area contributed by atoms with Gasteiger partial charge in [0.1, 0.15) is 18.2 Å². The first-order chi connectivity index (χ1) is 15.8. The summed E-state index contributed by atoms with van der Waals surface area (Å²) in [5.74, 6) is -0.483. The van der Waals surface area contributed by atoms with E-state index in [0.717, 1.165) is 22.6 Å². The zero-order valence-corrected chi connectivity index (χ0v) is 19.6. The van der Waals surface area contributed by atoms with Crippen molar-refractivity contribution in [1.29, 1.82) is 5.26 Å². The van der Waals surface area contributed by atoms with Crippen LogP contribution >= 0.6 is 11.6 Å². The van der Waals surface area contributed by atoms with Gasteiger partial charge in [-0.2, -0.15) is 10.4 Å². The monoisotopic (exact) mass is 465 g/mol. The van der Waals surface area contributed by atoms with Gasteiger partial charge in [0.2, 0.25) is 0 Å². The molecule has 33 heavy (non-hydrogen) atoms. The van der Waals surface area contributed by atoms with Gasteiger partial charge in [-0.1, -0.05) is 17.7 Å². The summed E-state index contributed by atoms with van der Waals surface area (Å²) >= 11 is 6.12. The SMILES string of the molecule is COCc1cc(C)n(CC(=O)N/N=C/c2cc(C)n(-c3cccc(Cl)c3)c2C)c(=O)c1C#N. The number of nitrogens with one attached hydrogen (secondary N) is 1. The van der Waals surface area contributed by atoms with E-state index in [0.29, 0.717) is 16.3 Å². The van der Waals surface area contributed by atoms with Crippen LogP contribution in [0.2, 0.25) is 5.02 Å². The third kappa shape index (κ3) is 5.22. The van der Waals surface area contributed by atoms with Gasteiger partial charge in [0.05, 0.1) is 12.8 Å². The molecule has 0 aliphatic heterocycles. The number of methoxy groups -OCH3 is 1. The molecule has 0 unspecified atom stereocenters. The van der Waals surface area contributed by atoms with E-state index in [4.69, 9.17) is 16.3 Å². The topological polar surface area (TPSA) is 101 Å². The molecule has 0 radical (unpaired) electrons. The van der Waals surface area contributed by atoms with Gasteiger partial charge >= 0.3 is 0 Å². The molecule has 8 nitrogen and oxygen atoms in total. The molecule has 3 aromatic rings. The van der Waals surface area contributed by atoms with Crippen molar-refractivity contribution in [3.05, 3.63) is 85.5 Å². The normalized spacial score (nSPS) is 11.0. The van der Waals surface area contributed by atoms with Gasteiger partial charge in [-0.05, 0) is 51.1 Å². The van der Waals surface area contributed by atoms with Crippen LogP contribution in [0.5, 0.6) is 0 Å². The molecule has 1 aromatic carbocycles. The summed E-state index contributed by atoms with van der Waals surface area (Å²) in [4.78, 5) is 25.1. The van der Waals surface area contributed by atoms with E-state index in [9.17, 15) is 14.9 Å². The zero-order chi connectivity index (χ0) is 24.1. The van der Waals surface area contributed by atoms with E-state index in [-0.39, 0.29) is 18.7 Å². The number of ether oxygens (including phenoxy) is 1. The maximum atomic E-state index is 12.6. The Bertz CT molecular complexity index is 1330. The smallest absolute Gasteiger partial charge is 0.269 e. The lowest BCUT2D eigenvalue weighted by atomic mass is 10.1. The minimum absolute atomic E-state index is 0.0350. The first kappa shape index (κ1) is 24.0. The Kier molecular flexibility index (Phi) is 7.48. The van der Waals surface area contributed by atoms with Crippen LogP contribution in [0.4, 0.5) is 0 Å². The van der Waals surface area contributed by atoms with Crippen molar-refractivity contribution < 1.29 is 9.53 Å². The summed E-state index contributed by atoms with van der Waals surface area (Å²) < 4.78 is 8.33. The lowest BCUT2D eigenvalue weighted by Crippen LogP contribution is -2.33. The van der Waals surface area contributed by atoms with Crippen LogP contribution in [0.1, 0.15) is 33.8 Å². The number of aryl methyl sites for hydroxylation is 2. The van der Waals surface area contributed by atoms with Gasteiger partial charge in [-0.15, -0.1) is 0 Å². The lowest BCUT2D eigenvalue weighted by Gasteiger charge is -2.12. The highest BCUT2D eigenvalue weighted by atomic mass is 35.5. The molecule has 2 aromatic heterocycles. The molecule has 0 saturated heterocycles. The maximum absolute atomic E-state index is 12.6. The Balaban J connectivity index is 1.76. The largest absolute Gasteiger partial charge is 0.380 e. The molecular weight excluding hydrogens is 442 g/mol. The molecule has 1 amide bonds. The Labute approximate surface area is 196 Å². The van der Waals surface area contributed by atoms with Crippen LogP contribution in [-0.4, -0.2) is 28.4 Å². The molecule has 0 atom stereocenters. The van der Waals surface area contributed by atoms with Gasteiger partial charge in [-0.3, -0.25) is 9.59 Å². The molecule has 0 aliphatic rings. The third-order valence-electron chi connectivity index (χ3n) is 5.23. The number of halogens is 1. The Morgan fingerprint density at radius 2 is 2.00 bits per heavy atom. The number of hydrogen-bond acceptors (Lipinski definition) is 5. The molecular formula is C24H24ClN5O3. The minimum Gasteiger partial charge on any atom is -0.380 e. The van der Waals surface area contributed by atoms with E-state index in [1.165, 1.54) is 11.7 Å². The van der Waals surface area contributed by atoms with Gasteiger partial charge < -0.3 is 13.9 Å². The second-order valence-electron chi connectivity index (χ2n) is 7.56. The highest BCUT2D eigenvalue weighted by molar-refractivity contribution is 6.30. The number of nitriles is 1. The number of hydrazone groups is 1. The molecule has 1 N–H and O–H groups in total. The average Bonchev–Trinajstić information content (AvgIpc) is 3.04. The molecule has 2 heterocycles. The minimum atomic E-state index is -0.534. The number of amides is 1. The molecule has 0 saturated carbocycles. The summed E-state index contributed by atoms with van der Waals surface area (Å²) in [6.45, 7) is 5.50. The van der Waals surface area contributed by atoms with Crippen molar-refractivity contribution in [2.45, 2.75) is 33.9 Å². The number of pyridine rings is 1. The second-order valence-corrected chi connectivity index (χ2v) is 7.99. The number of carbonyl (C=O) groups excluding carboxylic acids is 1. The fraction of sp³-hybridized carbons (Fsp3) is 0.250. The zero-order valence-electron chi connectivity index (χ0n) is 18.8. The predicted octanol–water partition coefficient (Wildman–Crippen LogP) is 3.39. The highest BCUT2D eigenvalue weighted by Crippen LogP contribution is 2.22. The summed E-state index contributed by atoms with van der Waals surface area (Å²) in [5, 5.41) is 14.0. The molecule has 0 bridgehead atoms. The first-order valence-electron chi connectivity index (χ1n) is 10.2. The Hall–Kier alpha value is -3.67. The molecule has 0 aliphatic carbocycles. The third-order valence-corrected chi connectivity index (χ3v) is 5.47. The molecule has 170 valence electrons. The van der Waals surface area contributed by atoms with E-state index >= 15 is 0 Å². The fourth-order valence-electron chi connectivity index (χ4n) is 3.70. The van der Waals surface area contributed by atoms with Crippen molar-refractivity contribution in [2.24, 2.45) is 5.10 Å². The Morgan fingerprint density at radius 3 is 2.67 bits per heavy atom. The molecule has 9 heteroatoms. The fourth-order valence-corrected chi connectivity index (χ4v) is 3.89. The summed E-state index contributed by atoms with van der Waals surface area (Å²) in [5.41, 5.74) is 6.61.